The number of hydrogen-bond donors (Lipinski definition) is 6. The van der Waals surface area contributed by atoms with Gasteiger partial charge in [0.05, 0.1) is 6.42 Å². The van der Waals surface area contributed by atoms with Crippen LogP contribution < -0.4 is 27.8 Å². The summed E-state index contributed by atoms with van der Waals surface area (Å²) >= 11 is 0. The minimum Gasteiger partial charge on any atom is -0.481 e. The largest absolute Gasteiger partial charge is 0.481 e. The molecule has 3 amide bonds. The Balaban J connectivity index is 2.80. The number of carboxylic acid groups (broad SMARTS) is 1. The molecule has 2 atom stereocenters. The summed E-state index contributed by atoms with van der Waals surface area (Å²) in [5.41, 5.74) is 16.7. The highest BCUT2D eigenvalue weighted by atomic mass is 16.4. The van der Waals surface area contributed by atoms with Gasteiger partial charge in [0.25, 0.3) is 0 Å². The first kappa shape index (κ1) is 24.4. The van der Waals surface area contributed by atoms with Crippen molar-refractivity contribution in [2.75, 3.05) is 6.54 Å². The Kier molecular flexibility index (Phi) is 10.4. The van der Waals surface area contributed by atoms with Gasteiger partial charge in [-0.25, -0.2) is 0 Å². The van der Waals surface area contributed by atoms with Gasteiger partial charge in [-0.1, -0.05) is 30.3 Å². The van der Waals surface area contributed by atoms with Gasteiger partial charge in [0, 0.05) is 19.4 Å². The molecule has 9 N–H and O–H groups in total. The van der Waals surface area contributed by atoms with Gasteiger partial charge in [0.2, 0.25) is 17.7 Å². The second-order valence-electron chi connectivity index (χ2n) is 6.62. The van der Waals surface area contributed by atoms with Gasteiger partial charge in [-0.3, -0.25) is 24.2 Å². The number of nitrogens with zero attached hydrogens (tertiary/aromatic N) is 1. The van der Waals surface area contributed by atoms with Crippen LogP contribution in [0.25, 0.3) is 0 Å². The highest BCUT2D eigenvalue weighted by Crippen LogP contribution is 2.06. The van der Waals surface area contributed by atoms with Crippen LogP contribution in [-0.4, -0.2) is 53.4 Å². The summed E-state index contributed by atoms with van der Waals surface area (Å²) in [6.45, 7) is 0.236. The standard InChI is InChI=1S/C19H28N6O5/c20-17(29)14(11-12-5-2-1-3-6-12)25-18(30)13(7-4-10-23-19(21)22)24-15(26)8-9-16(27)28/h1-3,5-6,13-14H,4,7-11H2,(H2,20,29)(H,24,26)(H,25,30)(H,27,28)(H4,21,22,23)/t13-,14-/m0/s1. The topological polar surface area (TPSA) is 203 Å². The van der Waals surface area contributed by atoms with E-state index < -0.39 is 35.8 Å². The van der Waals surface area contributed by atoms with Crippen LogP contribution in [-0.2, 0) is 25.6 Å². The molecule has 1 aromatic rings. The minimum absolute atomic E-state index is 0.0989. The van der Waals surface area contributed by atoms with Gasteiger partial charge in [-0.05, 0) is 18.4 Å². The monoisotopic (exact) mass is 420 g/mol. The predicted octanol–water partition coefficient (Wildman–Crippen LogP) is -1.40. The Morgan fingerprint density at radius 1 is 0.967 bits per heavy atom. The zero-order chi connectivity index (χ0) is 22.5. The molecule has 1 aromatic carbocycles. The van der Waals surface area contributed by atoms with E-state index in [-0.39, 0.29) is 38.2 Å². The van der Waals surface area contributed by atoms with Crippen LogP contribution in [0.1, 0.15) is 31.2 Å². The maximum absolute atomic E-state index is 12.7. The van der Waals surface area contributed by atoms with Gasteiger partial charge in [-0.2, -0.15) is 0 Å². The van der Waals surface area contributed by atoms with Gasteiger partial charge < -0.3 is 32.9 Å². The number of rotatable bonds is 13. The molecule has 0 bridgehead atoms. The fourth-order valence-electron chi connectivity index (χ4n) is 2.60. The first-order valence-electron chi connectivity index (χ1n) is 9.39. The van der Waals surface area contributed by atoms with Crippen LogP contribution in [0.15, 0.2) is 35.3 Å². The second kappa shape index (κ2) is 12.8. The average molecular weight is 420 g/mol. The van der Waals surface area contributed by atoms with Crippen molar-refractivity contribution in [2.24, 2.45) is 22.2 Å². The lowest BCUT2D eigenvalue weighted by molar-refractivity contribution is -0.139. The van der Waals surface area contributed by atoms with E-state index in [1.54, 1.807) is 24.3 Å². The van der Waals surface area contributed by atoms with E-state index in [0.29, 0.717) is 6.42 Å². The number of carboxylic acids is 1. The summed E-state index contributed by atoms with van der Waals surface area (Å²) < 4.78 is 0. The molecular weight excluding hydrogens is 392 g/mol. The van der Waals surface area contributed by atoms with Gasteiger partial charge in [0.15, 0.2) is 5.96 Å². The predicted molar refractivity (Wildman–Crippen MR) is 110 cm³/mol. The number of carbonyl (C=O) groups is 4. The molecule has 0 spiro atoms. The van der Waals surface area contributed by atoms with Gasteiger partial charge >= 0.3 is 5.97 Å². The van der Waals surface area contributed by atoms with Crippen molar-refractivity contribution in [3.8, 4) is 0 Å². The van der Waals surface area contributed by atoms with E-state index in [4.69, 9.17) is 22.3 Å². The number of hydrogen-bond acceptors (Lipinski definition) is 5. The lowest BCUT2D eigenvalue weighted by atomic mass is 10.0. The third-order valence-corrected chi connectivity index (χ3v) is 4.11. The SMILES string of the molecule is NC(=O)[C@H](Cc1ccccc1)NC(=O)[C@H](CCCN=C(N)N)NC(=O)CCC(=O)O. The number of primary amides is 1. The zero-order valence-corrected chi connectivity index (χ0v) is 16.5. The molecule has 0 aliphatic rings. The lowest BCUT2D eigenvalue weighted by Crippen LogP contribution is -2.53. The molecule has 0 saturated carbocycles. The molecule has 0 fully saturated rings. The smallest absolute Gasteiger partial charge is 0.303 e. The Labute approximate surface area is 174 Å². The molecule has 0 unspecified atom stereocenters. The summed E-state index contributed by atoms with van der Waals surface area (Å²) in [4.78, 5) is 51.0. The van der Waals surface area contributed by atoms with Crippen molar-refractivity contribution in [1.82, 2.24) is 10.6 Å². The molecular formula is C19H28N6O5. The quantitative estimate of drug-likeness (QED) is 0.128. The third kappa shape index (κ3) is 10.1. The molecule has 0 aliphatic carbocycles. The van der Waals surface area contributed by atoms with Crippen LogP contribution in [0.4, 0.5) is 0 Å². The number of nitrogens with two attached hydrogens (primary N) is 3. The van der Waals surface area contributed by atoms with E-state index in [1.807, 2.05) is 6.07 Å². The molecule has 164 valence electrons. The van der Waals surface area contributed by atoms with Crippen molar-refractivity contribution in [3.63, 3.8) is 0 Å². The number of aliphatic carboxylic acids is 1. The number of carbonyl (C=O) groups excluding carboxylic acids is 3. The molecule has 0 saturated heterocycles. The Hall–Kier alpha value is -3.63. The van der Waals surface area contributed by atoms with Crippen molar-refractivity contribution in [1.29, 1.82) is 0 Å². The first-order chi connectivity index (χ1) is 14.2. The van der Waals surface area contributed by atoms with Gasteiger partial charge in [-0.15, -0.1) is 0 Å². The summed E-state index contributed by atoms with van der Waals surface area (Å²) in [5.74, 6) is -3.15. The Morgan fingerprint density at radius 2 is 1.63 bits per heavy atom. The van der Waals surface area contributed by atoms with Crippen molar-refractivity contribution < 1.29 is 24.3 Å². The first-order valence-corrected chi connectivity index (χ1v) is 9.39. The third-order valence-electron chi connectivity index (χ3n) is 4.11. The molecule has 1 rings (SSSR count). The van der Waals surface area contributed by atoms with Crippen LogP contribution in [0.2, 0.25) is 0 Å². The van der Waals surface area contributed by atoms with Crippen LogP contribution >= 0.6 is 0 Å². The Bertz CT molecular complexity index is 764. The average Bonchev–Trinajstić information content (AvgIpc) is 2.68. The van der Waals surface area contributed by atoms with E-state index in [2.05, 4.69) is 15.6 Å². The molecule has 0 aromatic heterocycles. The fraction of sp³-hybridized carbons (Fsp3) is 0.421. The van der Waals surface area contributed by atoms with E-state index in [1.165, 1.54) is 0 Å². The summed E-state index contributed by atoms with van der Waals surface area (Å²) in [5, 5.41) is 13.7. The second-order valence-corrected chi connectivity index (χ2v) is 6.62. The zero-order valence-electron chi connectivity index (χ0n) is 16.5. The van der Waals surface area contributed by atoms with E-state index >= 15 is 0 Å². The summed E-state index contributed by atoms with van der Waals surface area (Å²) in [6.07, 6.45) is 0.0886. The summed E-state index contributed by atoms with van der Waals surface area (Å²) in [6, 6.07) is 7.02. The highest BCUT2D eigenvalue weighted by molar-refractivity contribution is 5.92. The van der Waals surface area contributed by atoms with Crippen molar-refractivity contribution in [3.05, 3.63) is 35.9 Å². The van der Waals surface area contributed by atoms with Crippen molar-refractivity contribution >= 4 is 29.7 Å². The summed E-state index contributed by atoms with van der Waals surface area (Å²) in [7, 11) is 0. The van der Waals surface area contributed by atoms with Crippen LogP contribution in [0.5, 0.6) is 0 Å². The fourth-order valence-corrected chi connectivity index (χ4v) is 2.60. The van der Waals surface area contributed by atoms with Crippen LogP contribution in [0.3, 0.4) is 0 Å². The molecule has 0 heterocycles. The number of amides is 3. The maximum atomic E-state index is 12.7. The molecule has 11 heteroatoms. The number of nitrogens with one attached hydrogen (secondary N) is 2. The molecule has 30 heavy (non-hydrogen) atoms. The Morgan fingerprint density at radius 3 is 2.20 bits per heavy atom. The molecule has 0 radical (unpaired) electrons. The number of benzene rings is 1. The molecule has 0 aliphatic heterocycles. The van der Waals surface area contributed by atoms with Crippen molar-refractivity contribution in [2.45, 2.75) is 44.2 Å². The number of guanidine groups is 1. The highest BCUT2D eigenvalue weighted by Gasteiger charge is 2.25. The van der Waals surface area contributed by atoms with Gasteiger partial charge in [0.1, 0.15) is 12.1 Å². The van der Waals surface area contributed by atoms with E-state index in [9.17, 15) is 19.2 Å². The van der Waals surface area contributed by atoms with Crippen LogP contribution in [0, 0.1) is 0 Å². The minimum atomic E-state index is -1.13. The normalized spacial score (nSPS) is 12.3. The van der Waals surface area contributed by atoms with E-state index in [0.717, 1.165) is 5.56 Å². The number of aliphatic imine (C=N–C) groups is 1. The maximum Gasteiger partial charge on any atom is 0.303 e. The lowest BCUT2D eigenvalue weighted by Gasteiger charge is -2.22. The molecule has 11 nitrogen and oxygen atoms in total.